The lowest BCUT2D eigenvalue weighted by molar-refractivity contribution is -0.121. The van der Waals surface area contributed by atoms with Crippen molar-refractivity contribution in [2.24, 2.45) is 11.8 Å². The fourth-order valence-electron chi connectivity index (χ4n) is 4.30. The van der Waals surface area contributed by atoms with Gasteiger partial charge in [0.15, 0.2) is 0 Å². The normalized spacial score (nSPS) is 27.8. The summed E-state index contributed by atoms with van der Waals surface area (Å²) in [4.78, 5) is 11.7. The third-order valence-electron chi connectivity index (χ3n) is 5.28. The first kappa shape index (κ1) is 16.8. The summed E-state index contributed by atoms with van der Waals surface area (Å²) in [7, 11) is 0. The molecule has 3 heteroatoms. The molecule has 3 nitrogen and oxygen atoms in total. The zero-order chi connectivity index (χ0) is 15.1. The number of carbonyl (C=O) groups excluding carboxylic acids is 1. The summed E-state index contributed by atoms with van der Waals surface area (Å²) in [5.41, 5.74) is 0. The Hall–Kier alpha value is -0.570. The van der Waals surface area contributed by atoms with Crippen LogP contribution in [0.1, 0.15) is 78.1 Å². The van der Waals surface area contributed by atoms with Crippen LogP contribution in [-0.4, -0.2) is 24.5 Å². The largest absolute Gasteiger partial charge is 0.354 e. The molecule has 2 N–H and O–H groups in total. The van der Waals surface area contributed by atoms with Crippen LogP contribution >= 0.6 is 0 Å². The van der Waals surface area contributed by atoms with Gasteiger partial charge in [-0.15, -0.1) is 0 Å². The van der Waals surface area contributed by atoms with Gasteiger partial charge >= 0.3 is 0 Å². The van der Waals surface area contributed by atoms with Crippen molar-refractivity contribution in [3.05, 3.63) is 0 Å². The Balaban J connectivity index is 1.75. The van der Waals surface area contributed by atoms with Crippen molar-refractivity contribution in [3.63, 3.8) is 0 Å². The van der Waals surface area contributed by atoms with E-state index in [1.807, 2.05) is 13.8 Å². The lowest BCUT2D eigenvalue weighted by Gasteiger charge is -2.39. The number of amides is 1. The average Bonchev–Trinajstić information content (AvgIpc) is 2.48. The number of carbonyl (C=O) groups is 1. The van der Waals surface area contributed by atoms with Gasteiger partial charge < -0.3 is 10.6 Å². The van der Waals surface area contributed by atoms with Gasteiger partial charge in [-0.05, 0) is 38.5 Å². The third kappa shape index (κ3) is 5.61. The Morgan fingerprint density at radius 2 is 1.67 bits per heavy atom. The summed E-state index contributed by atoms with van der Waals surface area (Å²) < 4.78 is 0. The van der Waals surface area contributed by atoms with Crippen molar-refractivity contribution in [3.8, 4) is 0 Å². The van der Waals surface area contributed by atoms with Crippen molar-refractivity contribution >= 4 is 5.91 Å². The molecule has 2 atom stereocenters. The van der Waals surface area contributed by atoms with Crippen molar-refractivity contribution in [1.82, 2.24) is 10.6 Å². The summed E-state index contributed by atoms with van der Waals surface area (Å²) in [6.45, 7) is 4.88. The summed E-state index contributed by atoms with van der Waals surface area (Å²) in [5, 5.41) is 6.69. The molecule has 21 heavy (non-hydrogen) atoms. The van der Waals surface area contributed by atoms with Gasteiger partial charge in [0.25, 0.3) is 0 Å². The molecule has 0 saturated heterocycles. The zero-order valence-corrected chi connectivity index (χ0v) is 14.0. The molecule has 0 heterocycles. The SMILES string of the molecule is CC(C)NC(=O)CCNC1CCCCC1C1CCCCC1. The Bertz CT molecular complexity index is 310. The second-order valence-electron chi connectivity index (χ2n) is 7.38. The molecule has 0 aromatic heterocycles. The summed E-state index contributed by atoms with van der Waals surface area (Å²) in [5.74, 6) is 2.00. The highest BCUT2D eigenvalue weighted by molar-refractivity contribution is 5.76. The Kier molecular flexibility index (Phi) is 7.01. The summed E-state index contributed by atoms with van der Waals surface area (Å²) >= 11 is 0. The van der Waals surface area contributed by atoms with Crippen LogP contribution in [0.15, 0.2) is 0 Å². The minimum atomic E-state index is 0.183. The van der Waals surface area contributed by atoms with Crippen molar-refractivity contribution in [1.29, 1.82) is 0 Å². The number of hydrogen-bond acceptors (Lipinski definition) is 2. The predicted octanol–water partition coefficient (Wildman–Crippen LogP) is 3.63. The fraction of sp³-hybridized carbons (Fsp3) is 0.944. The predicted molar refractivity (Wildman–Crippen MR) is 88.2 cm³/mol. The average molecular weight is 294 g/mol. The standard InChI is InChI=1S/C18H34N2O/c1-14(2)20-18(21)12-13-19-17-11-7-6-10-16(17)15-8-4-3-5-9-15/h14-17,19H,3-13H2,1-2H3,(H,20,21). The van der Waals surface area contributed by atoms with Crippen LogP contribution in [0.3, 0.4) is 0 Å². The Morgan fingerprint density at radius 3 is 2.38 bits per heavy atom. The van der Waals surface area contributed by atoms with Gasteiger partial charge in [-0.3, -0.25) is 4.79 Å². The number of hydrogen-bond donors (Lipinski definition) is 2. The molecular weight excluding hydrogens is 260 g/mol. The van der Waals surface area contributed by atoms with Gasteiger partial charge in [-0.25, -0.2) is 0 Å². The van der Waals surface area contributed by atoms with E-state index in [4.69, 9.17) is 0 Å². The highest BCUT2D eigenvalue weighted by Crippen LogP contribution is 2.38. The first-order valence-electron chi connectivity index (χ1n) is 9.19. The van der Waals surface area contributed by atoms with E-state index in [2.05, 4.69) is 10.6 Å². The molecule has 122 valence electrons. The topological polar surface area (TPSA) is 41.1 Å². The molecule has 0 aliphatic heterocycles. The number of rotatable bonds is 6. The van der Waals surface area contributed by atoms with Crippen LogP contribution in [0.4, 0.5) is 0 Å². The van der Waals surface area contributed by atoms with Gasteiger partial charge in [0.2, 0.25) is 5.91 Å². The van der Waals surface area contributed by atoms with Crippen molar-refractivity contribution in [2.75, 3.05) is 6.54 Å². The molecule has 2 unspecified atom stereocenters. The molecule has 0 bridgehead atoms. The van der Waals surface area contributed by atoms with E-state index in [1.165, 1.54) is 57.8 Å². The molecule has 2 saturated carbocycles. The van der Waals surface area contributed by atoms with E-state index in [-0.39, 0.29) is 11.9 Å². The van der Waals surface area contributed by atoms with E-state index in [0.29, 0.717) is 12.5 Å². The van der Waals surface area contributed by atoms with Gasteiger partial charge in [-0.1, -0.05) is 44.9 Å². The highest BCUT2D eigenvalue weighted by Gasteiger charge is 2.32. The second kappa shape index (κ2) is 8.77. The second-order valence-corrected chi connectivity index (χ2v) is 7.38. The van der Waals surface area contributed by atoms with Gasteiger partial charge in [0, 0.05) is 25.0 Å². The molecule has 2 aliphatic carbocycles. The van der Waals surface area contributed by atoms with E-state index < -0.39 is 0 Å². The monoisotopic (exact) mass is 294 g/mol. The smallest absolute Gasteiger partial charge is 0.221 e. The number of nitrogens with one attached hydrogen (secondary N) is 2. The van der Waals surface area contributed by atoms with Crippen LogP contribution < -0.4 is 10.6 Å². The maximum atomic E-state index is 11.7. The first-order chi connectivity index (χ1) is 10.2. The minimum absolute atomic E-state index is 0.183. The zero-order valence-electron chi connectivity index (χ0n) is 14.0. The molecule has 2 rings (SSSR count). The van der Waals surface area contributed by atoms with Crippen LogP contribution in [0, 0.1) is 11.8 Å². The lowest BCUT2D eigenvalue weighted by atomic mass is 9.71. The van der Waals surface area contributed by atoms with E-state index in [1.54, 1.807) is 0 Å². The fourth-order valence-corrected chi connectivity index (χ4v) is 4.30. The molecule has 0 radical (unpaired) electrons. The highest BCUT2D eigenvalue weighted by atomic mass is 16.1. The molecule has 0 aromatic rings. The maximum absolute atomic E-state index is 11.7. The lowest BCUT2D eigenvalue weighted by Crippen LogP contribution is -2.44. The Morgan fingerprint density at radius 1 is 1.00 bits per heavy atom. The quantitative estimate of drug-likeness (QED) is 0.785. The molecule has 2 fully saturated rings. The van der Waals surface area contributed by atoms with E-state index in [0.717, 1.165) is 18.4 Å². The van der Waals surface area contributed by atoms with Crippen LogP contribution in [-0.2, 0) is 4.79 Å². The Labute approximate surface area is 130 Å². The van der Waals surface area contributed by atoms with Crippen LogP contribution in [0.25, 0.3) is 0 Å². The van der Waals surface area contributed by atoms with Gasteiger partial charge in [0.05, 0.1) is 0 Å². The summed E-state index contributed by atoms with van der Waals surface area (Å²) in [6, 6.07) is 0.913. The van der Waals surface area contributed by atoms with Crippen molar-refractivity contribution in [2.45, 2.75) is 90.1 Å². The molecule has 0 spiro atoms. The molecular formula is C18H34N2O. The molecule has 0 aromatic carbocycles. The van der Waals surface area contributed by atoms with E-state index >= 15 is 0 Å². The van der Waals surface area contributed by atoms with Crippen LogP contribution in [0.5, 0.6) is 0 Å². The summed E-state index contributed by atoms with van der Waals surface area (Å²) in [6.07, 6.45) is 13.3. The van der Waals surface area contributed by atoms with Crippen LogP contribution in [0.2, 0.25) is 0 Å². The van der Waals surface area contributed by atoms with E-state index in [9.17, 15) is 4.79 Å². The van der Waals surface area contributed by atoms with Gasteiger partial charge in [0.1, 0.15) is 0 Å². The molecule has 1 amide bonds. The molecule has 2 aliphatic rings. The first-order valence-corrected chi connectivity index (χ1v) is 9.19. The third-order valence-corrected chi connectivity index (χ3v) is 5.28. The van der Waals surface area contributed by atoms with Gasteiger partial charge in [-0.2, -0.15) is 0 Å². The minimum Gasteiger partial charge on any atom is -0.354 e. The van der Waals surface area contributed by atoms with Crippen molar-refractivity contribution < 1.29 is 4.79 Å². The maximum Gasteiger partial charge on any atom is 0.221 e.